The highest BCUT2D eigenvalue weighted by Crippen LogP contribution is 2.27. The van der Waals surface area contributed by atoms with Crippen LogP contribution in [-0.4, -0.2) is 42.1 Å². The van der Waals surface area contributed by atoms with Crippen molar-refractivity contribution in [1.29, 1.82) is 0 Å². The molecular weight excluding hydrogens is 358 g/mol. The van der Waals surface area contributed by atoms with Gasteiger partial charge in [-0.25, -0.2) is 0 Å². The molecule has 0 saturated heterocycles. The Kier molecular flexibility index (Phi) is 6.57. The molecule has 28 heavy (non-hydrogen) atoms. The van der Waals surface area contributed by atoms with Gasteiger partial charge >= 0.3 is 0 Å². The molecule has 1 aliphatic rings. The van der Waals surface area contributed by atoms with Gasteiger partial charge in [-0.05, 0) is 32.9 Å². The fourth-order valence-corrected chi connectivity index (χ4v) is 3.37. The van der Waals surface area contributed by atoms with Crippen LogP contribution >= 0.6 is 0 Å². The molecule has 1 unspecified atom stereocenters. The van der Waals surface area contributed by atoms with Crippen LogP contribution in [0, 0.1) is 0 Å². The van der Waals surface area contributed by atoms with E-state index in [-0.39, 0.29) is 5.91 Å². The highest BCUT2D eigenvalue weighted by molar-refractivity contribution is 5.80. The Morgan fingerprint density at radius 2 is 2.04 bits per heavy atom. The lowest BCUT2D eigenvalue weighted by Gasteiger charge is -2.17. The Labute approximate surface area is 166 Å². The average molecular weight is 387 g/mol. The minimum absolute atomic E-state index is 0.167. The number of benzene rings is 1. The molecule has 2 aromatic rings. The topological polar surface area (TPSA) is 74.6 Å². The van der Waals surface area contributed by atoms with Gasteiger partial charge in [0.25, 0.3) is 5.91 Å². The molecule has 152 valence electrons. The summed E-state index contributed by atoms with van der Waals surface area (Å²) in [6.07, 6.45) is 0.927. The van der Waals surface area contributed by atoms with Crippen LogP contribution in [0.3, 0.4) is 0 Å². The normalized spacial score (nSPS) is 14.5. The predicted octanol–water partition coefficient (Wildman–Crippen LogP) is 2.67. The van der Waals surface area contributed by atoms with Crippen molar-refractivity contribution in [3.05, 3.63) is 41.2 Å². The number of aromatic nitrogens is 2. The number of carbonyl (C=O) groups is 1. The first-order valence-electron chi connectivity index (χ1n) is 9.75. The quantitative estimate of drug-likeness (QED) is 0.754. The van der Waals surface area contributed by atoms with E-state index in [0.29, 0.717) is 37.1 Å². The lowest BCUT2D eigenvalue weighted by atomic mass is 10.1. The largest absolute Gasteiger partial charge is 0.493 e. The zero-order valence-electron chi connectivity index (χ0n) is 17.0. The fraction of sp³-hybridized carbons (Fsp3) is 0.524. The maximum Gasteiger partial charge on any atom is 0.260 e. The molecule has 1 aliphatic heterocycles. The van der Waals surface area contributed by atoms with Crippen molar-refractivity contribution in [2.24, 2.45) is 0 Å². The second-order valence-corrected chi connectivity index (χ2v) is 7.16. The number of nitrogens with zero attached hydrogens (tertiary/aromatic N) is 2. The molecule has 7 nitrogen and oxygen atoms in total. The lowest BCUT2D eigenvalue weighted by molar-refractivity contribution is -0.127. The zero-order valence-corrected chi connectivity index (χ0v) is 17.0. The monoisotopic (exact) mass is 387 g/mol. The highest BCUT2D eigenvalue weighted by Gasteiger charge is 2.23. The van der Waals surface area contributed by atoms with Gasteiger partial charge in [0, 0.05) is 36.7 Å². The smallest absolute Gasteiger partial charge is 0.260 e. The summed E-state index contributed by atoms with van der Waals surface area (Å²) >= 11 is 0. The zero-order chi connectivity index (χ0) is 20.1. The van der Waals surface area contributed by atoms with Gasteiger partial charge in [-0.15, -0.1) is 0 Å². The number of amides is 1. The van der Waals surface area contributed by atoms with E-state index in [4.69, 9.17) is 19.3 Å². The summed E-state index contributed by atoms with van der Waals surface area (Å²) in [6, 6.07) is 7.60. The Hall–Kier alpha value is -2.54. The van der Waals surface area contributed by atoms with Crippen LogP contribution in [0.1, 0.15) is 43.8 Å². The van der Waals surface area contributed by atoms with Gasteiger partial charge in [-0.2, -0.15) is 5.10 Å². The van der Waals surface area contributed by atoms with E-state index in [0.717, 1.165) is 18.7 Å². The van der Waals surface area contributed by atoms with Crippen molar-refractivity contribution in [3.8, 4) is 11.5 Å². The van der Waals surface area contributed by atoms with E-state index in [2.05, 4.69) is 23.8 Å². The molecule has 1 N–H and O–H groups in total. The summed E-state index contributed by atoms with van der Waals surface area (Å²) < 4.78 is 18.7. The molecule has 1 aromatic carbocycles. The third kappa shape index (κ3) is 4.47. The van der Waals surface area contributed by atoms with Gasteiger partial charge in [0.2, 0.25) is 0 Å². The number of hydrogen-bond acceptors (Lipinski definition) is 5. The number of methoxy groups -OCH3 is 1. The molecule has 1 amide bonds. The summed E-state index contributed by atoms with van der Waals surface area (Å²) in [7, 11) is 1.58. The summed E-state index contributed by atoms with van der Waals surface area (Å²) in [5.74, 6) is 0.988. The second kappa shape index (κ2) is 9.10. The molecule has 1 aromatic heterocycles. The summed E-state index contributed by atoms with van der Waals surface area (Å²) in [5, 5.41) is 7.70. The minimum Gasteiger partial charge on any atom is -0.493 e. The maximum absolute atomic E-state index is 12.4. The lowest BCUT2D eigenvalue weighted by Crippen LogP contribution is -2.37. The molecule has 0 saturated carbocycles. The third-order valence-electron chi connectivity index (χ3n) is 4.82. The summed E-state index contributed by atoms with van der Waals surface area (Å²) in [4.78, 5) is 12.4. The van der Waals surface area contributed by atoms with Crippen LogP contribution in [0.15, 0.2) is 24.3 Å². The Balaban J connectivity index is 1.57. The SMILES string of the molecule is COc1ccccc1OC(C)C(=O)NCCc1nn(C(C)C)c2c1COCC2. The number of ether oxygens (including phenoxy) is 3. The molecule has 1 atom stereocenters. The van der Waals surface area contributed by atoms with Gasteiger partial charge in [-0.1, -0.05) is 12.1 Å². The number of fused-ring (bicyclic) bond motifs is 1. The van der Waals surface area contributed by atoms with Gasteiger partial charge in [0.15, 0.2) is 17.6 Å². The Morgan fingerprint density at radius 1 is 1.29 bits per heavy atom. The van der Waals surface area contributed by atoms with E-state index >= 15 is 0 Å². The number of para-hydroxylation sites is 2. The van der Waals surface area contributed by atoms with Crippen molar-refractivity contribution in [2.45, 2.75) is 52.4 Å². The maximum atomic E-state index is 12.4. The van der Waals surface area contributed by atoms with Crippen LogP contribution < -0.4 is 14.8 Å². The minimum atomic E-state index is -0.623. The van der Waals surface area contributed by atoms with Crippen molar-refractivity contribution < 1.29 is 19.0 Å². The number of nitrogens with one attached hydrogen (secondary N) is 1. The molecular formula is C21H29N3O4. The van der Waals surface area contributed by atoms with Crippen LogP contribution in [0.4, 0.5) is 0 Å². The first-order valence-corrected chi connectivity index (χ1v) is 9.75. The van der Waals surface area contributed by atoms with Crippen molar-refractivity contribution in [1.82, 2.24) is 15.1 Å². The van der Waals surface area contributed by atoms with Crippen LogP contribution in [0.2, 0.25) is 0 Å². The van der Waals surface area contributed by atoms with Gasteiger partial charge < -0.3 is 19.5 Å². The molecule has 0 bridgehead atoms. The fourth-order valence-electron chi connectivity index (χ4n) is 3.37. The van der Waals surface area contributed by atoms with Crippen LogP contribution in [-0.2, 0) is 29.0 Å². The number of rotatable bonds is 8. The average Bonchev–Trinajstić information content (AvgIpc) is 3.07. The first kappa shape index (κ1) is 20.2. The molecule has 3 rings (SSSR count). The second-order valence-electron chi connectivity index (χ2n) is 7.16. The number of hydrogen-bond donors (Lipinski definition) is 1. The van der Waals surface area contributed by atoms with Crippen LogP contribution in [0.25, 0.3) is 0 Å². The summed E-state index contributed by atoms with van der Waals surface area (Å²) in [5.41, 5.74) is 3.44. The Bertz CT molecular complexity index is 816. The van der Waals surface area contributed by atoms with E-state index in [1.807, 2.05) is 12.1 Å². The van der Waals surface area contributed by atoms with Gasteiger partial charge in [0.05, 0.1) is 26.0 Å². The molecule has 2 heterocycles. The molecule has 7 heteroatoms. The van der Waals surface area contributed by atoms with Crippen LogP contribution in [0.5, 0.6) is 11.5 Å². The predicted molar refractivity (Wildman–Crippen MR) is 106 cm³/mol. The Morgan fingerprint density at radius 3 is 2.75 bits per heavy atom. The van der Waals surface area contributed by atoms with Crippen molar-refractivity contribution in [2.75, 3.05) is 20.3 Å². The van der Waals surface area contributed by atoms with E-state index in [1.165, 1.54) is 11.3 Å². The molecule has 0 spiro atoms. The van der Waals surface area contributed by atoms with Crippen molar-refractivity contribution >= 4 is 5.91 Å². The number of carbonyl (C=O) groups excluding carboxylic acids is 1. The first-order chi connectivity index (χ1) is 13.5. The van der Waals surface area contributed by atoms with E-state index < -0.39 is 6.10 Å². The van der Waals surface area contributed by atoms with E-state index in [9.17, 15) is 4.79 Å². The molecule has 0 radical (unpaired) electrons. The summed E-state index contributed by atoms with van der Waals surface area (Å²) in [6.45, 7) is 7.82. The molecule has 0 aliphatic carbocycles. The van der Waals surface area contributed by atoms with Crippen molar-refractivity contribution in [3.63, 3.8) is 0 Å². The van der Waals surface area contributed by atoms with Gasteiger partial charge in [0.1, 0.15) is 0 Å². The third-order valence-corrected chi connectivity index (χ3v) is 4.82. The highest BCUT2D eigenvalue weighted by atomic mass is 16.5. The van der Waals surface area contributed by atoms with E-state index in [1.54, 1.807) is 26.2 Å². The van der Waals surface area contributed by atoms with Gasteiger partial charge in [-0.3, -0.25) is 9.48 Å². The standard InChI is InChI=1S/C21H29N3O4/c1-14(2)24-18-10-12-27-13-16(18)17(23-24)9-11-22-21(25)15(3)28-20-8-6-5-7-19(20)26-4/h5-8,14-15H,9-13H2,1-4H3,(H,22,25). The molecule has 0 fully saturated rings.